The Morgan fingerprint density at radius 3 is 2.47 bits per heavy atom. The SMILES string of the molecule is Nc1nc2ccccc2cc1CN(CCO)CCO. The summed E-state index contributed by atoms with van der Waals surface area (Å²) < 4.78 is 0. The zero-order valence-corrected chi connectivity index (χ0v) is 10.8. The molecule has 0 atom stereocenters. The number of aliphatic hydroxyl groups is 2. The topological polar surface area (TPSA) is 82.6 Å². The molecule has 0 bridgehead atoms. The lowest BCUT2D eigenvalue weighted by atomic mass is 10.1. The molecular weight excluding hydrogens is 242 g/mol. The van der Waals surface area contributed by atoms with Crippen molar-refractivity contribution in [1.29, 1.82) is 0 Å². The van der Waals surface area contributed by atoms with Crippen molar-refractivity contribution in [3.05, 3.63) is 35.9 Å². The fraction of sp³-hybridized carbons (Fsp3) is 0.357. The lowest BCUT2D eigenvalue weighted by Crippen LogP contribution is -2.29. The summed E-state index contributed by atoms with van der Waals surface area (Å²) in [5.41, 5.74) is 7.76. The third-order valence-corrected chi connectivity index (χ3v) is 3.06. The van der Waals surface area contributed by atoms with Gasteiger partial charge in [0.15, 0.2) is 0 Å². The number of anilines is 1. The molecule has 1 heterocycles. The van der Waals surface area contributed by atoms with Crippen LogP contribution >= 0.6 is 0 Å². The number of nitrogen functional groups attached to an aromatic ring is 1. The average molecular weight is 261 g/mol. The van der Waals surface area contributed by atoms with Gasteiger partial charge in [0.2, 0.25) is 0 Å². The van der Waals surface area contributed by atoms with Gasteiger partial charge in [0.25, 0.3) is 0 Å². The maximum atomic E-state index is 9.01. The summed E-state index contributed by atoms with van der Waals surface area (Å²) in [5.74, 6) is 0.500. The molecule has 1 aromatic heterocycles. The zero-order valence-electron chi connectivity index (χ0n) is 10.8. The first-order valence-electron chi connectivity index (χ1n) is 6.33. The smallest absolute Gasteiger partial charge is 0.128 e. The lowest BCUT2D eigenvalue weighted by Gasteiger charge is -2.21. The number of pyridine rings is 1. The van der Waals surface area contributed by atoms with Crippen LogP contribution < -0.4 is 5.73 Å². The number of aliphatic hydroxyl groups excluding tert-OH is 2. The molecule has 0 saturated heterocycles. The zero-order chi connectivity index (χ0) is 13.7. The largest absolute Gasteiger partial charge is 0.395 e. The van der Waals surface area contributed by atoms with Crippen LogP contribution in [0.1, 0.15) is 5.56 Å². The minimum absolute atomic E-state index is 0.0565. The summed E-state index contributed by atoms with van der Waals surface area (Å²) >= 11 is 0. The van der Waals surface area contributed by atoms with E-state index in [4.69, 9.17) is 15.9 Å². The normalized spacial score (nSPS) is 11.3. The Morgan fingerprint density at radius 1 is 1.11 bits per heavy atom. The van der Waals surface area contributed by atoms with Crippen molar-refractivity contribution in [1.82, 2.24) is 9.88 Å². The first kappa shape index (κ1) is 13.7. The number of para-hydroxylation sites is 1. The van der Waals surface area contributed by atoms with E-state index in [9.17, 15) is 0 Å². The molecule has 0 aliphatic heterocycles. The van der Waals surface area contributed by atoms with Gasteiger partial charge < -0.3 is 15.9 Å². The van der Waals surface area contributed by atoms with Crippen LogP contribution in [0.4, 0.5) is 5.82 Å². The summed E-state index contributed by atoms with van der Waals surface area (Å²) in [7, 11) is 0. The molecule has 5 nitrogen and oxygen atoms in total. The number of nitrogens with zero attached hydrogens (tertiary/aromatic N) is 2. The molecule has 0 aliphatic carbocycles. The van der Waals surface area contributed by atoms with Gasteiger partial charge in [-0.1, -0.05) is 18.2 Å². The molecule has 2 aromatic rings. The van der Waals surface area contributed by atoms with Crippen LogP contribution in [0, 0.1) is 0 Å². The molecule has 4 N–H and O–H groups in total. The van der Waals surface area contributed by atoms with E-state index in [1.54, 1.807) is 0 Å². The number of benzene rings is 1. The van der Waals surface area contributed by atoms with E-state index >= 15 is 0 Å². The minimum atomic E-state index is 0.0565. The summed E-state index contributed by atoms with van der Waals surface area (Å²) in [6.45, 7) is 1.70. The van der Waals surface area contributed by atoms with Crippen LogP contribution in [0.3, 0.4) is 0 Å². The molecule has 0 spiro atoms. The second kappa shape index (κ2) is 6.47. The summed E-state index contributed by atoms with van der Waals surface area (Å²) in [6, 6.07) is 9.82. The molecule has 5 heteroatoms. The average Bonchev–Trinajstić information content (AvgIpc) is 2.40. The standard InChI is InChI=1S/C14H19N3O2/c15-14-12(10-17(5-7-18)6-8-19)9-11-3-1-2-4-13(11)16-14/h1-4,9,18-19H,5-8,10H2,(H2,15,16). The molecule has 0 amide bonds. The summed E-state index contributed by atoms with van der Waals surface area (Å²) in [5, 5.41) is 19.1. The van der Waals surface area contributed by atoms with Gasteiger partial charge in [0, 0.05) is 30.6 Å². The molecular formula is C14H19N3O2. The maximum Gasteiger partial charge on any atom is 0.128 e. The highest BCUT2D eigenvalue weighted by Gasteiger charge is 2.09. The number of rotatable bonds is 6. The van der Waals surface area contributed by atoms with Crippen molar-refractivity contribution >= 4 is 16.7 Å². The Morgan fingerprint density at radius 2 is 1.79 bits per heavy atom. The highest BCUT2D eigenvalue weighted by molar-refractivity contribution is 5.81. The Labute approximate surface area is 112 Å². The predicted molar refractivity (Wildman–Crippen MR) is 75.6 cm³/mol. The van der Waals surface area contributed by atoms with Gasteiger partial charge in [0.05, 0.1) is 18.7 Å². The molecule has 0 fully saturated rings. The van der Waals surface area contributed by atoms with Gasteiger partial charge in [-0.3, -0.25) is 4.90 Å². The second-order valence-corrected chi connectivity index (χ2v) is 4.45. The Hall–Kier alpha value is -1.69. The van der Waals surface area contributed by atoms with Gasteiger partial charge in [0.1, 0.15) is 5.82 Å². The van der Waals surface area contributed by atoms with Gasteiger partial charge >= 0.3 is 0 Å². The maximum absolute atomic E-state index is 9.01. The van der Waals surface area contributed by atoms with Gasteiger partial charge in [-0.15, -0.1) is 0 Å². The monoisotopic (exact) mass is 261 g/mol. The van der Waals surface area contributed by atoms with Crippen molar-refractivity contribution in [2.75, 3.05) is 32.0 Å². The first-order chi connectivity index (χ1) is 9.24. The van der Waals surface area contributed by atoms with Crippen molar-refractivity contribution < 1.29 is 10.2 Å². The third kappa shape index (κ3) is 3.41. The fourth-order valence-electron chi connectivity index (χ4n) is 2.09. The van der Waals surface area contributed by atoms with Gasteiger partial charge in [-0.2, -0.15) is 0 Å². The van der Waals surface area contributed by atoms with Gasteiger partial charge in [-0.05, 0) is 12.1 Å². The van der Waals surface area contributed by atoms with Crippen LogP contribution in [-0.2, 0) is 6.54 Å². The molecule has 102 valence electrons. The molecule has 0 aliphatic rings. The summed E-state index contributed by atoms with van der Waals surface area (Å²) in [6.07, 6.45) is 0. The molecule has 0 unspecified atom stereocenters. The quantitative estimate of drug-likeness (QED) is 0.709. The van der Waals surface area contributed by atoms with E-state index in [-0.39, 0.29) is 13.2 Å². The molecule has 19 heavy (non-hydrogen) atoms. The molecule has 0 saturated carbocycles. The van der Waals surface area contributed by atoms with Crippen LogP contribution in [0.2, 0.25) is 0 Å². The van der Waals surface area contributed by atoms with E-state index < -0.39 is 0 Å². The van der Waals surface area contributed by atoms with Crippen molar-refractivity contribution in [3.63, 3.8) is 0 Å². The van der Waals surface area contributed by atoms with E-state index in [0.29, 0.717) is 25.5 Å². The van der Waals surface area contributed by atoms with E-state index in [2.05, 4.69) is 4.98 Å². The van der Waals surface area contributed by atoms with Crippen LogP contribution in [0.25, 0.3) is 10.9 Å². The third-order valence-electron chi connectivity index (χ3n) is 3.06. The number of hydrogen-bond acceptors (Lipinski definition) is 5. The minimum Gasteiger partial charge on any atom is -0.395 e. The lowest BCUT2D eigenvalue weighted by molar-refractivity contribution is 0.156. The fourth-order valence-corrected chi connectivity index (χ4v) is 2.09. The summed E-state index contributed by atoms with van der Waals surface area (Å²) in [4.78, 5) is 6.32. The van der Waals surface area contributed by atoms with Crippen molar-refractivity contribution in [2.24, 2.45) is 0 Å². The van der Waals surface area contributed by atoms with Crippen LogP contribution in [-0.4, -0.2) is 46.4 Å². The molecule has 0 radical (unpaired) electrons. The highest BCUT2D eigenvalue weighted by Crippen LogP contribution is 2.19. The Bertz CT molecular complexity index is 539. The first-order valence-corrected chi connectivity index (χ1v) is 6.33. The number of hydrogen-bond donors (Lipinski definition) is 3. The van der Waals surface area contributed by atoms with Crippen LogP contribution in [0.5, 0.6) is 0 Å². The Balaban J connectivity index is 2.25. The Kier molecular flexibility index (Phi) is 4.68. The van der Waals surface area contributed by atoms with E-state index in [0.717, 1.165) is 16.5 Å². The second-order valence-electron chi connectivity index (χ2n) is 4.45. The predicted octanol–water partition coefficient (Wildman–Crippen LogP) is 0.604. The van der Waals surface area contributed by atoms with E-state index in [1.807, 2.05) is 35.2 Å². The highest BCUT2D eigenvalue weighted by atomic mass is 16.3. The van der Waals surface area contributed by atoms with Crippen LogP contribution in [0.15, 0.2) is 30.3 Å². The number of aromatic nitrogens is 1. The van der Waals surface area contributed by atoms with Crippen molar-refractivity contribution in [3.8, 4) is 0 Å². The molecule has 1 aromatic carbocycles. The van der Waals surface area contributed by atoms with Gasteiger partial charge in [-0.25, -0.2) is 4.98 Å². The van der Waals surface area contributed by atoms with E-state index in [1.165, 1.54) is 0 Å². The number of nitrogens with two attached hydrogens (primary N) is 1. The molecule has 2 rings (SSSR count). The number of fused-ring (bicyclic) bond motifs is 1. The van der Waals surface area contributed by atoms with Crippen molar-refractivity contribution in [2.45, 2.75) is 6.54 Å².